The lowest BCUT2D eigenvalue weighted by molar-refractivity contribution is -0.144. The van der Waals surface area contributed by atoms with E-state index in [1.54, 1.807) is 6.92 Å². The summed E-state index contributed by atoms with van der Waals surface area (Å²) in [5.74, 6) is 0.102. The molecule has 0 aromatic heterocycles. The molecule has 0 spiro atoms. The van der Waals surface area contributed by atoms with E-state index in [0.717, 1.165) is 57.3 Å². The Balaban J connectivity index is 1.54. The van der Waals surface area contributed by atoms with Crippen LogP contribution in [0.1, 0.15) is 63.5 Å². The Bertz CT molecular complexity index is 749. The van der Waals surface area contributed by atoms with Crippen molar-refractivity contribution < 1.29 is 19.1 Å². The van der Waals surface area contributed by atoms with E-state index in [9.17, 15) is 14.4 Å². The zero-order valence-corrected chi connectivity index (χ0v) is 19.2. The average molecular weight is 444 g/mol. The molecule has 7 heteroatoms. The van der Waals surface area contributed by atoms with E-state index in [2.05, 4.69) is 10.6 Å². The fourth-order valence-corrected chi connectivity index (χ4v) is 4.69. The molecule has 2 aliphatic rings. The number of nitrogens with zero attached hydrogens (tertiary/aromatic N) is 1. The van der Waals surface area contributed by atoms with E-state index in [-0.39, 0.29) is 30.1 Å². The zero-order chi connectivity index (χ0) is 22.8. The van der Waals surface area contributed by atoms with Gasteiger partial charge >= 0.3 is 5.97 Å². The number of rotatable bonds is 9. The smallest absolute Gasteiger partial charge is 0.308 e. The van der Waals surface area contributed by atoms with E-state index in [1.807, 2.05) is 35.2 Å². The van der Waals surface area contributed by atoms with Gasteiger partial charge in [0.1, 0.15) is 0 Å². The molecule has 2 saturated heterocycles. The minimum absolute atomic E-state index is 0.0925. The zero-order valence-electron chi connectivity index (χ0n) is 19.2. The Morgan fingerprint density at radius 2 is 1.91 bits per heavy atom. The molecule has 0 saturated carbocycles. The second kappa shape index (κ2) is 12.6. The first-order valence-corrected chi connectivity index (χ1v) is 12.1. The van der Waals surface area contributed by atoms with Crippen LogP contribution in [-0.2, 0) is 19.1 Å². The highest BCUT2D eigenvalue weighted by Gasteiger charge is 2.30. The quantitative estimate of drug-likeness (QED) is 0.573. The lowest BCUT2D eigenvalue weighted by atomic mass is 9.92. The maximum Gasteiger partial charge on any atom is 0.308 e. The van der Waals surface area contributed by atoms with Gasteiger partial charge in [-0.2, -0.15) is 0 Å². The molecule has 0 aliphatic carbocycles. The summed E-state index contributed by atoms with van der Waals surface area (Å²) in [5, 5.41) is 6.41. The average Bonchev–Trinajstić information content (AvgIpc) is 2.83. The van der Waals surface area contributed by atoms with Gasteiger partial charge in [-0.15, -0.1) is 0 Å². The number of ether oxygens (including phenoxy) is 1. The molecule has 2 atom stereocenters. The standard InChI is InChI=1S/C25H37N3O4/c1-2-32-24(30)17-22(20-7-4-3-5-8-20)27-25(31)21-9-6-16-28(18-21)23(29)11-10-19-12-14-26-15-13-19/h3-5,7-8,19,21-22,26H,2,6,9-18H2,1H3,(H,27,31)/t21-,22+/m1/s1. The lowest BCUT2D eigenvalue weighted by Crippen LogP contribution is -2.46. The third-order valence-electron chi connectivity index (χ3n) is 6.56. The number of carbonyl (C=O) groups excluding carboxylic acids is 3. The van der Waals surface area contributed by atoms with E-state index in [1.165, 1.54) is 0 Å². The highest BCUT2D eigenvalue weighted by molar-refractivity contribution is 5.82. The highest BCUT2D eigenvalue weighted by atomic mass is 16.5. The molecular formula is C25H37N3O4. The summed E-state index contributed by atoms with van der Waals surface area (Å²) in [4.78, 5) is 39.8. The van der Waals surface area contributed by atoms with Crippen molar-refractivity contribution in [3.63, 3.8) is 0 Å². The van der Waals surface area contributed by atoms with Gasteiger partial charge in [-0.3, -0.25) is 14.4 Å². The van der Waals surface area contributed by atoms with Gasteiger partial charge in [-0.05, 0) is 63.6 Å². The van der Waals surface area contributed by atoms with Crippen molar-refractivity contribution in [3.05, 3.63) is 35.9 Å². The molecule has 3 rings (SSSR count). The molecule has 7 nitrogen and oxygen atoms in total. The predicted molar refractivity (Wildman–Crippen MR) is 123 cm³/mol. The maximum atomic E-state index is 13.1. The van der Waals surface area contributed by atoms with Gasteiger partial charge in [-0.1, -0.05) is 30.3 Å². The minimum atomic E-state index is -0.436. The Morgan fingerprint density at radius 3 is 2.62 bits per heavy atom. The van der Waals surface area contributed by atoms with Gasteiger partial charge in [0.25, 0.3) is 0 Å². The second-order valence-electron chi connectivity index (χ2n) is 8.89. The predicted octanol–water partition coefficient (Wildman–Crippen LogP) is 2.82. The van der Waals surface area contributed by atoms with Crippen LogP contribution in [0, 0.1) is 11.8 Å². The number of carbonyl (C=O) groups is 3. The van der Waals surface area contributed by atoms with Crippen LogP contribution in [0.3, 0.4) is 0 Å². The minimum Gasteiger partial charge on any atom is -0.466 e. The number of amides is 2. The monoisotopic (exact) mass is 443 g/mol. The van der Waals surface area contributed by atoms with Crippen LogP contribution < -0.4 is 10.6 Å². The fraction of sp³-hybridized carbons (Fsp3) is 0.640. The topological polar surface area (TPSA) is 87.7 Å². The van der Waals surface area contributed by atoms with Crippen LogP contribution in [0.5, 0.6) is 0 Å². The summed E-state index contributed by atoms with van der Waals surface area (Å²) in [6, 6.07) is 9.06. The first kappa shape index (κ1) is 24.2. The van der Waals surface area contributed by atoms with Crippen LogP contribution in [0.25, 0.3) is 0 Å². The molecule has 0 unspecified atom stereocenters. The number of esters is 1. The van der Waals surface area contributed by atoms with E-state index >= 15 is 0 Å². The Labute approximate surface area is 191 Å². The number of piperidine rings is 2. The molecule has 2 amide bonds. The summed E-state index contributed by atoms with van der Waals surface area (Å²) in [7, 11) is 0. The Morgan fingerprint density at radius 1 is 1.16 bits per heavy atom. The van der Waals surface area contributed by atoms with Crippen LogP contribution in [0.15, 0.2) is 30.3 Å². The van der Waals surface area contributed by atoms with E-state index in [4.69, 9.17) is 4.74 Å². The molecule has 2 aliphatic heterocycles. The van der Waals surface area contributed by atoms with Crippen LogP contribution in [0.4, 0.5) is 0 Å². The molecule has 2 heterocycles. The van der Waals surface area contributed by atoms with Gasteiger partial charge in [0.15, 0.2) is 0 Å². The summed E-state index contributed by atoms with van der Waals surface area (Å²) in [6.45, 7) is 5.34. The Hall–Kier alpha value is -2.41. The van der Waals surface area contributed by atoms with Gasteiger partial charge in [0.05, 0.1) is 25.0 Å². The van der Waals surface area contributed by atoms with E-state index in [0.29, 0.717) is 25.5 Å². The second-order valence-corrected chi connectivity index (χ2v) is 8.89. The summed E-state index contributed by atoms with van der Waals surface area (Å²) < 4.78 is 5.10. The maximum absolute atomic E-state index is 13.1. The molecule has 0 radical (unpaired) electrons. The van der Waals surface area contributed by atoms with Crippen molar-refractivity contribution in [1.29, 1.82) is 0 Å². The molecule has 176 valence electrons. The summed E-state index contributed by atoms with van der Waals surface area (Å²) >= 11 is 0. The Kier molecular flexibility index (Phi) is 9.53. The van der Waals surface area contributed by atoms with Gasteiger partial charge < -0.3 is 20.3 Å². The number of hydrogen-bond donors (Lipinski definition) is 2. The number of hydrogen-bond acceptors (Lipinski definition) is 5. The van der Waals surface area contributed by atoms with Crippen LogP contribution in [0.2, 0.25) is 0 Å². The summed E-state index contributed by atoms with van der Waals surface area (Å²) in [6.07, 6.45) is 5.45. The van der Waals surface area contributed by atoms with Crippen molar-refractivity contribution in [2.75, 3.05) is 32.8 Å². The van der Waals surface area contributed by atoms with Crippen molar-refractivity contribution in [3.8, 4) is 0 Å². The molecule has 2 fully saturated rings. The normalized spacial score (nSPS) is 20.4. The van der Waals surface area contributed by atoms with Crippen molar-refractivity contribution in [2.45, 2.75) is 57.9 Å². The van der Waals surface area contributed by atoms with Crippen LogP contribution in [-0.4, -0.2) is 55.5 Å². The first-order valence-electron chi connectivity index (χ1n) is 12.1. The van der Waals surface area contributed by atoms with Crippen molar-refractivity contribution >= 4 is 17.8 Å². The van der Waals surface area contributed by atoms with Gasteiger partial charge in [0.2, 0.25) is 11.8 Å². The van der Waals surface area contributed by atoms with Crippen molar-refractivity contribution in [2.24, 2.45) is 11.8 Å². The number of likely N-dealkylation sites (tertiary alicyclic amines) is 1. The molecule has 1 aromatic carbocycles. The molecule has 1 aromatic rings. The molecular weight excluding hydrogens is 406 g/mol. The van der Waals surface area contributed by atoms with Crippen LogP contribution >= 0.6 is 0 Å². The third-order valence-corrected chi connectivity index (χ3v) is 6.56. The summed E-state index contributed by atoms with van der Waals surface area (Å²) in [5.41, 5.74) is 0.875. The molecule has 32 heavy (non-hydrogen) atoms. The van der Waals surface area contributed by atoms with Gasteiger partial charge in [0, 0.05) is 19.5 Å². The number of nitrogens with one attached hydrogen (secondary N) is 2. The first-order chi connectivity index (χ1) is 15.6. The lowest BCUT2D eigenvalue weighted by Gasteiger charge is -2.33. The fourth-order valence-electron chi connectivity index (χ4n) is 4.69. The molecule has 0 bridgehead atoms. The third kappa shape index (κ3) is 7.33. The SMILES string of the molecule is CCOC(=O)C[C@H](NC(=O)[C@@H]1CCCN(C(=O)CCC2CCNCC2)C1)c1ccccc1. The van der Waals surface area contributed by atoms with E-state index < -0.39 is 6.04 Å². The van der Waals surface area contributed by atoms with Gasteiger partial charge in [-0.25, -0.2) is 0 Å². The highest BCUT2D eigenvalue weighted by Crippen LogP contribution is 2.23. The number of benzene rings is 1. The largest absolute Gasteiger partial charge is 0.466 e. The van der Waals surface area contributed by atoms with Crippen molar-refractivity contribution in [1.82, 2.24) is 15.5 Å². The molecule has 2 N–H and O–H groups in total.